The highest BCUT2D eigenvalue weighted by Crippen LogP contribution is 2.25. The van der Waals surface area contributed by atoms with Crippen LogP contribution in [0.25, 0.3) is 0 Å². The van der Waals surface area contributed by atoms with E-state index < -0.39 is 11.3 Å². The van der Waals surface area contributed by atoms with Crippen LogP contribution < -0.4 is 32.3 Å². The van der Waals surface area contributed by atoms with Gasteiger partial charge in [-0.3, -0.25) is 34.3 Å². The van der Waals surface area contributed by atoms with E-state index in [1.165, 1.54) is 76.0 Å². The van der Waals surface area contributed by atoms with E-state index in [9.17, 15) is 24.0 Å². The monoisotopic (exact) mass is 696 g/mol. The van der Waals surface area contributed by atoms with Gasteiger partial charge in [-0.25, -0.2) is 0 Å². The highest BCUT2D eigenvalue weighted by Gasteiger charge is 2.38. The molecule has 2 fully saturated rings. The number of guanidine groups is 1. The van der Waals surface area contributed by atoms with Gasteiger partial charge in [0, 0.05) is 64.8 Å². The van der Waals surface area contributed by atoms with Crippen molar-refractivity contribution in [2.45, 2.75) is 108 Å². The standard InChI is InChI=1S/C33H60N8O6S/c1-36-33(35)39-16-10-13-26(34)31(45)38-18-22-48-27-23-30(44)41(32(27)46)19-14-28(42)37-17-21-47-20-15-29(43)40-24-25-11-8-6-4-2-3-5-7-9-12-25/h25-27H,2-24,34H2,1H3,(H,37,42)(H,38,45)(H,40,43)(H3,35,36,39). The third-order valence-corrected chi connectivity index (χ3v) is 9.88. The van der Waals surface area contributed by atoms with Crippen LogP contribution in [-0.2, 0) is 28.7 Å². The summed E-state index contributed by atoms with van der Waals surface area (Å²) in [7, 11) is 1.64. The number of rotatable bonds is 20. The van der Waals surface area contributed by atoms with Crippen LogP contribution in [0.3, 0.4) is 0 Å². The van der Waals surface area contributed by atoms with Gasteiger partial charge in [0.25, 0.3) is 0 Å². The molecule has 0 radical (unpaired) electrons. The second kappa shape index (κ2) is 25.1. The maximum absolute atomic E-state index is 12.7. The molecule has 0 aromatic carbocycles. The summed E-state index contributed by atoms with van der Waals surface area (Å²) in [5, 5.41) is 21.0. The number of imide groups is 1. The molecule has 8 N–H and O–H groups in total. The molecule has 2 rings (SSSR count). The predicted octanol–water partition coefficient (Wildman–Crippen LogP) is 1.37. The number of hydrogen-bond donors (Lipinski definition) is 7. The highest BCUT2D eigenvalue weighted by molar-refractivity contribution is 8.00. The summed E-state index contributed by atoms with van der Waals surface area (Å²) >= 11 is 1.30. The van der Waals surface area contributed by atoms with Crippen LogP contribution in [0, 0.1) is 11.3 Å². The molecule has 0 aromatic rings. The molecule has 1 heterocycles. The number of nitrogens with one attached hydrogen (secondary N) is 6. The van der Waals surface area contributed by atoms with Crippen LogP contribution in [0.1, 0.15) is 96.3 Å². The summed E-state index contributed by atoms with van der Waals surface area (Å²) < 4.78 is 5.52. The number of amides is 5. The molecule has 0 aromatic heterocycles. The number of carbonyl (C=O) groups is 5. The predicted molar refractivity (Wildman–Crippen MR) is 188 cm³/mol. The molecular weight excluding hydrogens is 636 g/mol. The first-order valence-corrected chi connectivity index (χ1v) is 18.9. The molecule has 48 heavy (non-hydrogen) atoms. The number of ether oxygens (including phenoxy) is 1. The van der Waals surface area contributed by atoms with Gasteiger partial charge in [0.05, 0.1) is 24.5 Å². The molecule has 0 spiro atoms. The fourth-order valence-electron chi connectivity index (χ4n) is 5.73. The van der Waals surface area contributed by atoms with Crippen molar-refractivity contribution in [3.05, 3.63) is 0 Å². The first-order chi connectivity index (χ1) is 23.2. The molecule has 2 unspecified atom stereocenters. The maximum Gasteiger partial charge on any atom is 0.242 e. The zero-order chi connectivity index (χ0) is 35.0. The number of likely N-dealkylation sites (tertiary alicyclic amines) is 1. The zero-order valence-electron chi connectivity index (χ0n) is 28.9. The average molecular weight is 697 g/mol. The van der Waals surface area contributed by atoms with Crippen LogP contribution in [0.15, 0.2) is 0 Å². The Morgan fingerprint density at radius 3 is 2.25 bits per heavy atom. The number of hydrogen-bond acceptors (Lipinski definition) is 9. The minimum atomic E-state index is -0.667. The molecule has 1 aliphatic carbocycles. The van der Waals surface area contributed by atoms with E-state index in [0.29, 0.717) is 37.6 Å². The lowest BCUT2D eigenvalue weighted by Crippen LogP contribution is -2.42. The van der Waals surface area contributed by atoms with Crippen molar-refractivity contribution in [1.29, 1.82) is 5.41 Å². The van der Waals surface area contributed by atoms with E-state index >= 15 is 0 Å². The summed E-state index contributed by atoms with van der Waals surface area (Å²) in [5.41, 5.74) is 5.92. The van der Waals surface area contributed by atoms with E-state index in [1.54, 1.807) is 7.05 Å². The van der Waals surface area contributed by atoms with E-state index in [1.807, 2.05) is 0 Å². The van der Waals surface area contributed by atoms with Gasteiger partial charge in [-0.2, -0.15) is 0 Å². The first kappa shape index (κ1) is 41.3. The number of carbonyl (C=O) groups excluding carboxylic acids is 5. The smallest absolute Gasteiger partial charge is 0.242 e. The number of thioether (sulfide) groups is 1. The molecule has 1 aliphatic heterocycles. The minimum absolute atomic E-state index is 0.00199. The van der Waals surface area contributed by atoms with Crippen molar-refractivity contribution < 1.29 is 28.7 Å². The summed E-state index contributed by atoms with van der Waals surface area (Å²) in [6, 6.07) is -0.667. The lowest BCUT2D eigenvalue weighted by molar-refractivity contribution is -0.138. The Kier molecular flexibility index (Phi) is 21.6. The Labute approximate surface area is 290 Å². The van der Waals surface area contributed by atoms with Gasteiger partial charge >= 0.3 is 0 Å². The van der Waals surface area contributed by atoms with Crippen molar-refractivity contribution in [1.82, 2.24) is 31.5 Å². The Morgan fingerprint density at radius 1 is 0.896 bits per heavy atom. The van der Waals surface area contributed by atoms with E-state index in [0.717, 1.165) is 11.4 Å². The molecule has 2 atom stereocenters. The van der Waals surface area contributed by atoms with E-state index in [2.05, 4.69) is 26.6 Å². The quantitative estimate of drug-likeness (QED) is 0.0421. The van der Waals surface area contributed by atoms with Crippen molar-refractivity contribution >= 4 is 47.3 Å². The maximum atomic E-state index is 12.7. The summed E-state index contributed by atoms with van der Waals surface area (Å²) in [6.07, 6.45) is 14.2. The van der Waals surface area contributed by atoms with Crippen LogP contribution in [-0.4, -0.2) is 110 Å². The molecule has 274 valence electrons. The first-order valence-electron chi connectivity index (χ1n) is 17.8. The zero-order valence-corrected chi connectivity index (χ0v) is 29.7. The Morgan fingerprint density at radius 2 is 1.56 bits per heavy atom. The fourth-order valence-corrected chi connectivity index (χ4v) is 6.77. The largest absolute Gasteiger partial charge is 0.379 e. The minimum Gasteiger partial charge on any atom is -0.379 e. The molecule has 14 nitrogen and oxygen atoms in total. The van der Waals surface area contributed by atoms with Gasteiger partial charge in [0.1, 0.15) is 0 Å². The number of nitrogens with two attached hydrogens (primary N) is 1. The van der Waals surface area contributed by atoms with Gasteiger partial charge in [0.15, 0.2) is 5.96 Å². The van der Waals surface area contributed by atoms with Crippen molar-refractivity contribution in [2.24, 2.45) is 11.7 Å². The molecule has 5 amide bonds. The molecule has 15 heteroatoms. The van der Waals surface area contributed by atoms with Crippen molar-refractivity contribution in [3.8, 4) is 0 Å². The topological polar surface area (TPSA) is 208 Å². The molecule has 1 saturated carbocycles. The molecule has 1 saturated heterocycles. The average Bonchev–Trinajstić information content (AvgIpc) is 3.31. The molecule has 2 aliphatic rings. The third-order valence-electron chi connectivity index (χ3n) is 8.67. The van der Waals surface area contributed by atoms with E-state index in [-0.39, 0.29) is 81.1 Å². The van der Waals surface area contributed by atoms with Gasteiger partial charge in [0.2, 0.25) is 29.5 Å². The third kappa shape index (κ3) is 18.0. The molecular formula is C33H60N8O6S. The summed E-state index contributed by atoms with van der Waals surface area (Å²) in [4.78, 5) is 63.0. The lowest BCUT2D eigenvalue weighted by Gasteiger charge is -2.17. The SMILES string of the molecule is CNC(=N)NCCCC(N)C(=O)NCCSC1CC(=O)N(CCC(=O)NCCOCCC(=O)NCC2CCCCCCCCCC2)C1=O. The van der Waals surface area contributed by atoms with Gasteiger partial charge in [-0.1, -0.05) is 51.4 Å². The van der Waals surface area contributed by atoms with Gasteiger partial charge in [-0.05, 0) is 31.6 Å². The normalized spacial score (nSPS) is 18.5. The van der Waals surface area contributed by atoms with Crippen LogP contribution in [0.5, 0.6) is 0 Å². The Balaban J connectivity index is 1.50. The number of nitrogens with zero attached hydrogens (tertiary/aromatic N) is 1. The Bertz CT molecular complexity index is 1010. The fraction of sp³-hybridized carbons (Fsp3) is 0.818. The van der Waals surface area contributed by atoms with Crippen LogP contribution in [0.2, 0.25) is 0 Å². The summed E-state index contributed by atoms with van der Waals surface area (Å²) in [5.74, 6) is -0.0157. The lowest BCUT2D eigenvalue weighted by atomic mass is 9.95. The van der Waals surface area contributed by atoms with Crippen LogP contribution in [0.4, 0.5) is 0 Å². The Hall–Kier alpha value is -2.91. The van der Waals surface area contributed by atoms with E-state index in [4.69, 9.17) is 15.9 Å². The second-order valence-electron chi connectivity index (χ2n) is 12.6. The summed E-state index contributed by atoms with van der Waals surface area (Å²) in [6.45, 7) is 2.40. The van der Waals surface area contributed by atoms with Crippen LogP contribution >= 0.6 is 11.8 Å². The van der Waals surface area contributed by atoms with Gasteiger partial charge < -0.3 is 37.1 Å². The van der Waals surface area contributed by atoms with Crippen molar-refractivity contribution in [2.75, 3.05) is 58.7 Å². The highest BCUT2D eigenvalue weighted by atomic mass is 32.2. The second-order valence-corrected chi connectivity index (χ2v) is 13.9. The van der Waals surface area contributed by atoms with Gasteiger partial charge in [-0.15, -0.1) is 11.8 Å². The molecule has 0 bridgehead atoms. The van der Waals surface area contributed by atoms with Crippen molar-refractivity contribution in [3.63, 3.8) is 0 Å².